The second kappa shape index (κ2) is 11.5. The number of ketones is 1. The first-order valence-corrected chi connectivity index (χ1v) is 12.2. The predicted molar refractivity (Wildman–Crippen MR) is 126 cm³/mol. The Hall–Kier alpha value is -2.43. The molecule has 1 heterocycles. The summed E-state index contributed by atoms with van der Waals surface area (Å²) < 4.78 is 15.9. The van der Waals surface area contributed by atoms with E-state index in [9.17, 15) is 24.6 Å². The fourth-order valence-electron chi connectivity index (χ4n) is 4.93. The molecule has 196 valence electrons. The van der Waals surface area contributed by atoms with Gasteiger partial charge in [0.2, 0.25) is 11.8 Å². The summed E-state index contributed by atoms with van der Waals surface area (Å²) >= 11 is 0. The molecule has 0 spiro atoms. The molecule has 3 rings (SSSR count). The molecule has 10 heteroatoms. The molecule has 0 aromatic rings. The normalized spacial score (nSPS) is 29.2. The van der Waals surface area contributed by atoms with Crippen molar-refractivity contribution in [2.24, 2.45) is 23.7 Å². The number of Topliss-reactive ketones (excluding diaryl/α,β-unsaturated/α-hetero) is 1. The highest BCUT2D eigenvalue weighted by Gasteiger charge is 2.54. The average molecular weight is 495 g/mol. The van der Waals surface area contributed by atoms with E-state index in [4.69, 9.17) is 14.2 Å². The number of aliphatic hydroxyl groups excluding tert-OH is 2. The Morgan fingerprint density at radius 3 is 2.20 bits per heavy atom. The minimum absolute atomic E-state index is 0.0873. The highest BCUT2D eigenvalue weighted by molar-refractivity contribution is 5.98. The van der Waals surface area contributed by atoms with Crippen LogP contribution in [0.5, 0.6) is 0 Å². The number of rotatable bonds is 12. The van der Waals surface area contributed by atoms with E-state index in [0.29, 0.717) is 30.8 Å². The molecule has 2 aliphatic carbocycles. The first kappa shape index (κ1) is 27.2. The van der Waals surface area contributed by atoms with Crippen molar-refractivity contribution in [3.63, 3.8) is 0 Å². The van der Waals surface area contributed by atoms with Gasteiger partial charge in [-0.2, -0.15) is 0 Å². The molecule has 6 atom stereocenters. The molecule has 0 aromatic heterocycles. The topological polar surface area (TPSA) is 147 Å². The Morgan fingerprint density at radius 2 is 1.69 bits per heavy atom. The van der Waals surface area contributed by atoms with Crippen molar-refractivity contribution in [1.29, 1.82) is 0 Å². The van der Waals surface area contributed by atoms with Gasteiger partial charge in [0, 0.05) is 5.92 Å². The van der Waals surface area contributed by atoms with E-state index in [1.54, 1.807) is 14.2 Å². The van der Waals surface area contributed by atoms with Crippen LogP contribution in [0.15, 0.2) is 23.7 Å². The number of fused-ring (bicyclic) bond motifs is 1. The van der Waals surface area contributed by atoms with Gasteiger partial charge in [0.1, 0.15) is 6.04 Å². The van der Waals surface area contributed by atoms with Crippen molar-refractivity contribution in [1.82, 2.24) is 10.6 Å². The van der Waals surface area contributed by atoms with E-state index in [-0.39, 0.29) is 36.2 Å². The molecule has 10 nitrogen and oxygen atoms in total. The Bertz CT molecular complexity index is 864. The fourth-order valence-corrected chi connectivity index (χ4v) is 4.93. The minimum Gasteiger partial charge on any atom is -0.493 e. The summed E-state index contributed by atoms with van der Waals surface area (Å²) in [6.45, 7) is 2.87. The van der Waals surface area contributed by atoms with Gasteiger partial charge < -0.3 is 35.1 Å². The van der Waals surface area contributed by atoms with E-state index in [2.05, 4.69) is 10.6 Å². The first-order valence-electron chi connectivity index (χ1n) is 12.2. The number of carbonyl (C=O) groups excluding carboxylic acids is 3. The van der Waals surface area contributed by atoms with Gasteiger partial charge in [0.05, 0.1) is 40.1 Å². The van der Waals surface area contributed by atoms with Crippen LogP contribution in [0.2, 0.25) is 0 Å². The maximum atomic E-state index is 13.0. The summed E-state index contributed by atoms with van der Waals surface area (Å²) in [5.74, 6) is 0.101. The molecule has 2 amide bonds. The third kappa shape index (κ3) is 6.23. The van der Waals surface area contributed by atoms with Gasteiger partial charge in [0.25, 0.3) is 0 Å². The van der Waals surface area contributed by atoms with Crippen LogP contribution in [0.25, 0.3) is 0 Å². The molecule has 0 radical (unpaired) electrons. The van der Waals surface area contributed by atoms with Gasteiger partial charge in [-0.25, -0.2) is 0 Å². The van der Waals surface area contributed by atoms with Crippen LogP contribution in [-0.2, 0) is 28.6 Å². The van der Waals surface area contributed by atoms with E-state index in [0.717, 1.165) is 6.42 Å². The first-order chi connectivity index (χ1) is 16.7. The third-order valence-corrected chi connectivity index (χ3v) is 7.09. The SMILES string of the molecule is COC1=CC2CC[C@H](C(=O)N[C@@H](CO)C(=O)N[C@@H](CC(C)C)C(=O)[C@@]3(CO)CO3)CC2C=C1OC. The summed E-state index contributed by atoms with van der Waals surface area (Å²) in [6, 6.07) is -2.08. The van der Waals surface area contributed by atoms with Crippen LogP contribution in [0.3, 0.4) is 0 Å². The van der Waals surface area contributed by atoms with Crippen molar-refractivity contribution in [2.75, 3.05) is 34.0 Å². The fraction of sp³-hybridized carbons (Fsp3) is 0.720. The molecule has 0 bridgehead atoms. The molecule has 1 saturated heterocycles. The van der Waals surface area contributed by atoms with Crippen LogP contribution in [-0.4, -0.2) is 79.5 Å². The zero-order valence-electron chi connectivity index (χ0n) is 20.9. The Labute approximate surface area is 206 Å². The van der Waals surface area contributed by atoms with Gasteiger partial charge in [-0.1, -0.05) is 13.8 Å². The lowest BCUT2D eigenvalue weighted by Gasteiger charge is -2.35. The van der Waals surface area contributed by atoms with E-state index in [1.807, 2.05) is 26.0 Å². The number of amides is 2. The van der Waals surface area contributed by atoms with Crippen LogP contribution in [0.4, 0.5) is 0 Å². The van der Waals surface area contributed by atoms with Gasteiger partial charge in [-0.05, 0) is 55.6 Å². The zero-order valence-corrected chi connectivity index (χ0v) is 20.9. The lowest BCUT2D eigenvalue weighted by Crippen LogP contribution is -2.56. The summed E-state index contributed by atoms with van der Waals surface area (Å²) in [4.78, 5) is 38.8. The summed E-state index contributed by atoms with van der Waals surface area (Å²) in [5, 5.41) is 24.7. The molecule has 2 unspecified atom stereocenters. The number of methoxy groups -OCH3 is 2. The van der Waals surface area contributed by atoms with E-state index < -0.39 is 42.6 Å². The number of hydrogen-bond acceptors (Lipinski definition) is 8. The highest BCUT2D eigenvalue weighted by Crippen LogP contribution is 2.41. The van der Waals surface area contributed by atoms with E-state index >= 15 is 0 Å². The van der Waals surface area contributed by atoms with Crippen molar-refractivity contribution in [3.8, 4) is 0 Å². The van der Waals surface area contributed by atoms with Crippen LogP contribution in [0, 0.1) is 23.7 Å². The Morgan fingerprint density at radius 1 is 1.06 bits per heavy atom. The molecule has 35 heavy (non-hydrogen) atoms. The predicted octanol–water partition coefficient (Wildman–Crippen LogP) is 0.432. The minimum atomic E-state index is -1.27. The summed E-state index contributed by atoms with van der Waals surface area (Å²) in [6.07, 6.45) is 6.38. The second-order valence-corrected chi connectivity index (χ2v) is 10.0. The number of nitrogens with one attached hydrogen (secondary N) is 2. The molecular weight excluding hydrogens is 456 g/mol. The van der Waals surface area contributed by atoms with Gasteiger partial charge in [-0.15, -0.1) is 0 Å². The monoisotopic (exact) mass is 494 g/mol. The number of epoxide rings is 1. The Balaban J connectivity index is 1.61. The van der Waals surface area contributed by atoms with Crippen molar-refractivity contribution in [2.45, 2.75) is 57.2 Å². The summed E-state index contributed by atoms with van der Waals surface area (Å²) in [7, 11) is 3.17. The standard InChI is InChI=1S/C25H38N2O8/c1-14(2)7-18(22(30)25(12-29)13-35-25)26-24(32)19(11-28)27-23(31)16-6-5-15-9-20(33-3)21(34-4)10-17(15)8-16/h9-10,14-19,28-29H,5-8,11-13H2,1-4H3,(H,26,32)(H,27,31)/t15?,16-,17?,18-,19-,25+/m0/s1. The highest BCUT2D eigenvalue weighted by atomic mass is 16.6. The number of hydrogen-bond donors (Lipinski definition) is 4. The Kier molecular flexibility index (Phi) is 8.95. The average Bonchev–Trinajstić information content (AvgIpc) is 3.65. The quantitative estimate of drug-likeness (QED) is 0.286. The summed E-state index contributed by atoms with van der Waals surface area (Å²) in [5.41, 5.74) is -1.27. The lowest BCUT2D eigenvalue weighted by molar-refractivity contribution is -0.136. The molecule has 0 aromatic carbocycles. The largest absolute Gasteiger partial charge is 0.493 e. The third-order valence-electron chi connectivity index (χ3n) is 7.09. The van der Waals surface area contributed by atoms with Crippen LogP contribution in [0.1, 0.15) is 39.5 Å². The van der Waals surface area contributed by atoms with Crippen LogP contribution >= 0.6 is 0 Å². The van der Waals surface area contributed by atoms with Crippen molar-refractivity contribution < 1.29 is 38.8 Å². The molecule has 4 N–H and O–H groups in total. The number of aliphatic hydroxyl groups is 2. The number of carbonyl (C=O) groups is 3. The van der Waals surface area contributed by atoms with E-state index in [1.165, 1.54) is 0 Å². The van der Waals surface area contributed by atoms with Crippen molar-refractivity contribution >= 4 is 17.6 Å². The second-order valence-electron chi connectivity index (χ2n) is 10.0. The van der Waals surface area contributed by atoms with Gasteiger partial charge >= 0.3 is 0 Å². The number of ether oxygens (including phenoxy) is 3. The van der Waals surface area contributed by atoms with Crippen molar-refractivity contribution in [3.05, 3.63) is 23.7 Å². The van der Waals surface area contributed by atoms with Gasteiger partial charge in [-0.3, -0.25) is 14.4 Å². The van der Waals surface area contributed by atoms with Gasteiger partial charge in [0.15, 0.2) is 22.9 Å². The molecule has 1 saturated carbocycles. The maximum absolute atomic E-state index is 13.0. The maximum Gasteiger partial charge on any atom is 0.245 e. The number of allylic oxidation sites excluding steroid dienone is 2. The zero-order chi connectivity index (χ0) is 25.8. The molecule has 2 fully saturated rings. The molecule has 3 aliphatic rings. The van der Waals surface area contributed by atoms with Crippen LogP contribution < -0.4 is 10.6 Å². The molecular formula is C25H38N2O8. The molecule has 1 aliphatic heterocycles. The lowest BCUT2D eigenvalue weighted by atomic mass is 9.71. The smallest absolute Gasteiger partial charge is 0.245 e.